The van der Waals surface area contributed by atoms with Crippen LogP contribution in [0.15, 0.2) is 0 Å². The van der Waals surface area contributed by atoms with Crippen LogP contribution in [0.3, 0.4) is 0 Å². The molecule has 0 aliphatic rings. The number of carbonyl (C=O) groups is 1. The zero-order chi connectivity index (χ0) is 10.6. The van der Waals surface area contributed by atoms with Gasteiger partial charge >= 0.3 is 5.97 Å². The van der Waals surface area contributed by atoms with Crippen LogP contribution >= 0.6 is 0 Å². The lowest BCUT2D eigenvalue weighted by Crippen LogP contribution is -2.30. The van der Waals surface area contributed by atoms with Crippen molar-refractivity contribution in [2.75, 3.05) is 7.11 Å². The second kappa shape index (κ2) is 4.61. The van der Waals surface area contributed by atoms with E-state index in [4.69, 9.17) is 9.84 Å². The first kappa shape index (κ1) is 12.4. The van der Waals surface area contributed by atoms with Gasteiger partial charge in [-0.25, -0.2) is 0 Å². The van der Waals surface area contributed by atoms with E-state index in [1.165, 1.54) is 0 Å². The van der Waals surface area contributed by atoms with Crippen LogP contribution in [0.2, 0.25) is 0 Å². The molecule has 0 saturated heterocycles. The van der Waals surface area contributed by atoms with E-state index in [0.717, 1.165) is 6.42 Å². The maximum absolute atomic E-state index is 10.7. The molecular weight excluding hydrogens is 168 g/mol. The van der Waals surface area contributed by atoms with Gasteiger partial charge in [-0.3, -0.25) is 4.79 Å². The molecular formula is C10H20O3. The first-order chi connectivity index (χ1) is 5.80. The van der Waals surface area contributed by atoms with E-state index in [1.807, 2.05) is 20.8 Å². The molecule has 0 saturated carbocycles. The normalized spacial score (nSPS) is 16.7. The predicted octanol–water partition coefficient (Wildman–Crippen LogP) is 2.16. The van der Waals surface area contributed by atoms with Gasteiger partial charge in [-0.15, -0.1) is 0 Å². The Morgan fingerprint density at radius 2 is 1.92 bits per heavy atom. The van der Waals surface area contributed by atoms with Crippen molar-refractivity contribution in [1.82, 2.24) is 0 Å². The van der Waals surface area contributed by atoms with Crippen molar-refractivity contribution in [2.45, 2.75) is 39.7 Å². The summed E-state index contributed by atoms with van der Waals surface area (Å²) >= 11 is 0. The first-order valence-electron chi connectivity index (χ1n) is 4.58. The Kier molecular flexibility index (Phi) is 4.40. The van der Waals surface area contributed by atoms with Crippen molar-refractivity contribution in [3.05, 3.63) is 0 Å². The van der Waals surface area contributed by atoms with E-state index >= 15 is 0 Å². The van der Waals surface area contributed by atoms with Crippen LogP contribution in [0.5, 0.6) is 0 Å². The van der Waals surface area contributed by atoms with Gasteiger partial charge in [0.25, 0.3) is 0 Å². The van der Waals surface area contributed by atoms with Crippen LogP contribution in [0.25, 0.3) is 0 Å². The SMILES string of the molecule is COC(C)(C)CC(C)C(C)C(=O)O. The smallest absolute Gasteiger partial charge is 0.306 e. The third kappa shape index (κ3) is 4.27. The summed E-state index contributed by atoms with van der Waals surface area (Å²) in [5.74, 6) is -0.915. The number of carboxylic acid groups (broad SMARTS) is 1. The second-order valence-corrected chi connectivity index (χ2v) is 4.27. The Balaban J connectivity index is 4.14. The van der Waals surface area contributed by atoms with Gasteiger partial charge in [-0.1, -0.05) is 13.8 Å². The minimum absolute atomic E-state index is 0.132. The fourth-order valence-corrected chi connectivity index (χ4v) is 1.28. The molecule has 0 aliphatic heterocycles. The zero-order valence-corrected chi connectivity index (χ0v) is 9.13. The van der Waals surface area contributed by atoms with Crippen molar-refractivity contribution in [1.29, 1.82) is 0 Å². The van der Waals surface area contributed by atoms with Gasteiger partial charge in [-0.2, -0.15) is 0 Å². The Bertz CT molecular complexity index is 175. The predicted molar refractivity (Wildman–Crippen MR) is 51.7 cm³/mol. The topological polar surface area (TPSA) is 46.5 Å². The summed E-state index contributed by atoms with van der Waals surface area (Å²) in [6.45, 7) is 7.62. The van der Waals surface area contributed by atoms with Crippen molar-refractivity contribution in [2.24, 2.45) is 11.8 Å². The van der Waals surface area contributed by atoms with Crippen LogP contribution in [0, 0.1) is 11.8 Å². The maximum Gasteiger partial charge on any atom is 0.306 e. The molecule has 0 aliphatic carbocycles. The minimum atomic E-state index is -0.737. The van der Waals surface area contributed by atoms with Crippen molar-refractivity contribution in [3.63, 3.8) is 0 Å². The molecule has 0 amide bonds. The number of rotatable bonds is 5. The van der Waals surface area contributed by atoms with E-state index in [0.29, 0.717) is 0 Å². The molecule has 0 rings (SSSR count). The molecule has 0 spiro atoms. The second-order valence-electron chi connectivity index (χ2n) is 4.27. The molecule has 0 aromatic heterocycles. The van der Waals surface area contributed by atoms with E-state index in [9.17, 15) is 4.79 Å². The van der Waals surface area contributed by atoms with Crippen LogP contribution < -0.4 is 0 Å². The first-order valence-corrected chi connectivity index (χ1v) is 4.58. The molecule has 0 aromatic rings. The van der Waals surface area contributed by atoms with E-state index < -0.39 is 5.97 Å². The van der Waals surface area contributed by atoms with Crippen LogP contribution in [-0.2, 0) is 9.53 Å². The highest BCUT2D eigenvalue weighted by atomic mass is 16.5. The molecule has 0 radical (unpaired) electrons. The molecule has 0 aromatic carbocycles. The quantitative estimate of drug-likeness (QED) is 0.719. The largest absolute Gasteiger partial charge is 0.481 e. The van der Waals surface area contributed by atoms with Crippen molar-refractivity contribution in [3.8, 4) is 0 Å². The average molecular weight is 188 g/mol. The summed E-state index contributed by atoms with van der Waals surface area (Å²) in [5, 5.41) is 8.78. The number of hydrogen-bond acceptors (Lipinski definition) is 2. The lowest BCUT2D eigenvalue weighted by Gasteiger charge is -2.28. The van der Waals surface area contributed by atoms with Gasteiger partial charge in [0, 0.05) is 7.11 Å². The Hall–Kier alpha value is -0.570. The molecule has 3 heteroatoms. The van der Waals surface area contributed by atoms with Gasteiger partial charge in [-0.05, 0) is 26.2 Å². The summed E-state index contributed by atoms with van der Waals surface area (Å²) in [6.07, 6.45) is 0.761. The van der Waals surface area contributed by atoms with Gasteiger partial charge < -0.3 is 9.84 Å². The number of hydrogen-bond donors (Lipinski definition) is 1. The Morgan fingerprint density at radius 3 is 2.23 bits per heavy atom. The van der Waals surface area contributed by atoms with Crippen molar-refractivity contribution < 1.29 is 14.6 Å². The molecule has 78 valence electrons. The summed E-state index contributed by atoms with van der Waals surface area (Å²) in [4.78, 5) is 10.7. The standard InChI is InChI=1S/C10H20O3/c1-7(8(2)9(11)12)6-10(3,4)13-5/h7-8H,6H2,1-5H3,(H,11,12). The highest BCUT2D eigenvalue weighted by Crippen LogP contribution is 2.24. The number of aliphatic carboxylic acids is 1. The summed E-state index contributed by atoms with van der Waals surface area (Å²) in [6, 6.07) is 0. The molecule has 0 fully saturated rings. The Labute approximate surface area is 80.1 Å². The Morgan fingerprint density at radius 1 is 1.46 bits per heavy atom. The fraction of sp³-hybridized carbons (Fsp3) is 0.900. The van der Waals surface area contributed by atoms with Gasteiger partial charge in [0.05, 0.1) is 11.5 Å². The molecule has 1 N–H and O–H groups in total. The number of ether oxygens (including phenoxy) is 1. The van der Waals surface area contributed by atoms with E-state index in [2.05, 4.69) is 0 Å². The maximum atomic E-state index is 10.7. The van der Waals surface area contributed by atoms with Gasteiger partial charge in [0.2, 0.25) is 0 Å². The molecule has 0 heterocycles. The van der Waals surface area contributed by atoms with Crippen LogP contribution in [0.1, 0.15) is 34.1 Å². The zero-order valence-electron chi connectivity index (χ0n) is 9.13. The van der Waals surface area contributed by atoms with E-state index in [-0.39, 0.29) is 17.4 Å². The lowest BCUT2D eigenvalue weighted by atomic mass is 9.86. The molecule has 2 unspecified atom stereocenters. The highest BCUT2D eigenvalue weighted by molar-refractivity contribution is 5.69. The fourth-order valence-electron chi connectivity index (χ4n) is 1.28. The third-order valence-corrected chi connectivity index (χ3v) is 2.61. The van der Waals surface area contributed by atoms with E-state index in [1.54, 1.807) is 14.0 Å². The lowest BCUT2D eigenvalue weighted by molar-refractivity contribution is -0.143. The molecule has 13 heavy (non-hydrogen) atoms. The van der Waals surface area contributed by atoms with Gasteiger partial charge in [0.1, 0.15) is 0 Å². The van der Waals surface area contributed by atoms with Crippen LogP contribution in [-0.4, -0.2) is 23.8 Å². The summed E-state index contributed by atoms with van der Waals surface area (Å²) < 4.78 is 5.25. The third-order valence-electron chi connectivity index (χ3n) is 2.61. The van der Waals surface area contributed by atoms with Crippen molar-refractivity contribution >= 4 is 5.97 Å². The number of carboxylic acids is 1. The monoisotopic (exact) mass is 188 g/mol. The minimum Gasteiger partial charge on any atom is -0.481 e. The summed E-state index contributed by atoms with van der Waals surface area (Å²) in [5.41, 5.74) is -0.233. The molecule has 2 atom stereocenters. The molecule has 0 bridgehead atoms. The highest BCUT2D eigenvalue weighted by Gasteiger charge is 2.26. The van der Waals surface area contributed by atoms with Gasteiger partial charge in [0.15, 0.2) is 0 Å². The summed E-state index contributed by atoms with van der Waals surface area (Å²) in [7, 11) is 1.65. The number of methoxy groups -OCH3 is 1. The average Bonchev–Trinajstić information content (AvgIpc) is 2.02. The molecule has 3 nitrogen and oxygen atoms in total. The van der Waals surface area contributed by atoms with Crippen LogP contribution in [0.4, 0.5) is 0 Å².